The lowest BCUT2D eigenvalue weighted by atomic mass is 10.0. The van der Waals surface area contributed by atoms with Gasteiger partial charge in [0.25, 0.3) is 0 Å². The maximum Gasteiger partial charge on any atom is 0.417 e. The number of fused-ring (bicyclic) bond motifs is 1. The van der Waals surface area contributed by atoms with Crippen LogP contribution in [0.1, 0.15) is 18.9 Å². The molecule has 0 spiro atoms. The summed E-state index contributed by atoms with van der Waals surface area (Å²) in [6.45, 7) is 3.65. The molecule has 0 saturated carbocycles. The third-order valence-corrected chi connectivity index (χ3v) is 7.09. The van der Waals surface area contributed by atoms with Gasteiger partial charge in [-0.25, -0.2) is 4.98 Å². The Hall–Kier alpha value is -3.40. The van der Waals surface area contributed by atoms with Gasteiger partial charge in [-0.3, -0.25) is 4.79 Å². The lowest BCUT2D eigenvalue weighted by Gasteiger charge is -2.20. The Balaban J connectivity index is 1.41. The number of benzene rings is 2. The first kappa shape index (κ1) is 24.3. The van der Waals surface area contributed by atoms with Crippen LogP contribution in [0.5, 0.6) is 11.5 Å². The van der Waals surface area contributed by atoms with E-state index in [9.17, 15) is 18.0 Å². The number of hydrogen-bond donors (Lipinski definition) is 1. The van der Waals surface area contributed by atoms with E-state index in [1.165, 1.54) is 19.1 Å². The van der Waals surface area contributed by atoms with E-state index >= 15 is 0 Å². The van der Waals surface area contributed by atoms with E-state index in [0.29, 0.717) is 59.6 Å². The van der Waals surface area contributed by atoms with Crippen LogP contribution in [0.15, 0.2) is 64.5 Å². The summed E-state index contributed by atoms with van der Waals surface area (Å²) in [6, 6.07) is 13.0. The summed E-state index contributed by atoms with van der Waals surface area (Å²) < 4.78 is 53.3. The molecule has 3 aromatic rings. The third kappa shape index (κ3) is 5.38. The van der Waals surface area contributed by atoms with Crippen molar-refractivity contribution in [3.8, 4) is 22.6 Å². The maximum absolute atomic E-state index is 14.1. The topological polar surface area (TPSA) is 63.7 Å². The first-order valence-corrected chi connectivity index (χ1v) is 12.3. The van der Waals surface area contributed by atoms with Crippen LogP contribution in [0.2, 0.25) is 0 Å². The molecule has 1 fully saturated rings. The molecule has 1 atom stereocenters. The summed E-state index contributed by atoms with van der Waals surface area (Å²) in [7, 11) is 0. The molecule has 1 unspecified atom stereocenters. The van der Waals surface area contributed by atoms with Gasteiger partial charge in [-0.1, -0.05) is 17.8 Å². The molecule has 1 N–H and O–H groups in total. The second-order valence-corrected chi connectivity index (χ2v) is 9.77. The molecule has 10 heteroatoms. The fourth-order valence-corrected chi connectivity index (χ4v) is 5.36. The minimum atomic E-state index is -4.53. The molecule has 2 aromatic carbocycles. The van der Waals surface area contributed by atoms with Gasteiger partial charge in [0.15, 0.2) is 11.5 Å². The van der Waals surface area contributed by atoms with E-state index in [0.717, 1.165) is 18.2 Å². The number of nitrogens with zero attached hydrogens (tertiary/aromatic N) is 2. The highest BCUT2D eigenvalue weighted by Crippen LogP contribution is 2.43. The molecule has 188 valence electrons. The van der Waals surface area contributed by atoms with Crippen molar-refractivity contribution in [2.45, 2.75) is 35.4 Å². The predicted molar refractivity (Wildman–Crippen MR) is 131 cm³/mol. The number of rotatable bonds is 5. The zero-order valence-corrected chi connectivity index (χ0v) is 20.3. The number of anilines is 1. The maximum atomic E-state index is 14.1. The number of pyridine rings is 1. The van der Waals surface area contributed by atoms with Crippen molar-refractivity contribution in [1.82, 2.24) is 10.3 Å². The van der Waals surface area contributed by atoms with Gasteiger partial charge in [0, 0.05) is 42.0 Å². The number of alkyl halides is 3. The first-order chi connectivity index (χ1) is 17.3. The van der Waals surface area contributed by atoms with Gasteiger partial charge in [0.1, 0.15) is 19.0 Å². The van der Waals surface area contributed by atoms with Gasteiger partial charge in [-0.15, -0.1) is 0 Å². The van der Waals surface area contributed by atoms with Crippen LogP contribution in [0, 0.1) is 0 Å². The summed E-state index contributed by atoms with van der Waals surface area (Å²) in [6.07, 6.45) is -2.14. The van der Waals surface area contributed by atoms with Crippen LogP contribution < -0.4 is 19.7 Å². The van der Waals surface area contributed by atoms with Crippen LogP contribution in [-0.2, 0) is 11.0 Å². The summed E-state index contributed by atoms with van der Waals surface area (Å²) in [5.74, 6) is 1.70. The van der Waals surface area contributed by atoms with Gasteiger partial charge < -0.3 is 19.7 Å². The number of carbonyl (C=O) groups is 1. The van der Waals surface area contributed by atoms with Crippen LogP contribution in [0.25, 0.3) is 11.1 Å². The molecule has 1 aromatic heterocycles. The molecule has 3 heterocycles. The van der Waals surface area contributed by atoms with E-state index in [1.54, 1.807) is 42.6 Å². The van der Waals surface area contributed by atoms with Crippen LogP contribution in [0.4, 0.5) is 19.0 Å². The van der Waals surface area contributed by atoms with Gasteiger partial charge in [0.05, 0.1) is 5.56 Å². The average molecular weight is 516 g/mol. The number of hydrogen-bond acceptors (Lipinski definition) is 6. The quantitative estimate of drug-likeness (QED) is 0.491. The smallest absolute Gasteiger partial charge is 0.417 e. The van der Waals surface area contributed by atoms with Crippen molar-refractivity contribution in [1.29, 1.82) is 0 Å². The Labute approximate surface area is 210 Å². The summed E-state index contributed by atoms with van der Waals surface area (Å²) in [5.41, 5.74) is 0.393. The molecule has 0 bridgehead atoms. The third-order valence-electron chi connectivity index (χ3n) is 6.02. The van der Waals surface area contributed by atoms with Crippen molar-refractivity contribution in [2.24, 2.45) is 0 Å². The van der Waals surface area contributed by atoms with Gasteiger partial charge in [0.2, 0.25) is 5.91 Å². The highest BCUT2D eigenvalue weighted by atomic mass is 32.2. The minimum Gasteiger partial charge on any atom is -0.486 e. The van der Waals surface area contributed by atoms with E-state index in [-0.39, 0.29) is 16.8 Å². The Kier molecular flexibility index (Phi) is 6.70. The summed E-state index contributed by atoms with van der Waals surface area (Å²) >= 11 is 1.04. The van der Waals surface area contributed by atoms with Crippen LogP contribution in [0.3, 0.4) is 0 Å². The molecule has 36 heavy (non-hydrogen) atoms. The predicted octanol–water partition coefficient (Wildman–Crippen LogP) is 5.40. The van der Waals surface area contributed by atoms with Crippen molar-refractivity contribution in [3.63, 3.8) is 0 Å². The highest BCUT2D eigenvalue weighted by Gasteiger charge is 2.34. The van der Waals surface area contributed by atoms with E-state index in [4.69, 9.17) is 9.47 Å². The van der Waals surface area contributed by atoms with E-state index in [1.807, 2.05) is 4.90 Å². The molecule has 2 aliphatic heterocycles. The Morgan fingerprint density at radius 1 is 1.06 bits per heavy atom. The number of carbonyl (C=O) groups excluding carboxylic acids is 1. The zero-order valence-electron chi connectivity index (χ0n) is 19.5. The molecule has 0 aliphatic carbocycles. The van der Waals surface area contributed by atoms with E-state index < -0.39 is 11.7 Å². The normalized spacial score (nSPS) is 17.2. The van der Waals surface area contributed by atoms with Crippen molar-refractivity contribution < 1.29 is 27.4 Å². The average Bonchev–Trinajstić information content (AvgIpc) is 3.31. The fraction of sp³-hybridized carbons (Fsp3) is 0.308. The number of halogens is 3. The van der Waals surface area contributed by atoms with Gasteiger partial charge in [-0.05, 0) is 60.0 Å². The molecule has 2 aliphatic rings. The molecule has 6 nitrogen and oxygen atoms in total. The monoisotopic (exact) mass is 515 g/mol. The van der Waals surface area contributed by atoms with E-state index in [2.05, 4.69) is 10.3 Å². The zero-order chi connectivity index (χ0) is 25.3. The fourth-order valence-electron chi connectivity index (χ4n) is 4.38. The van der Waals surface area contributed by atoms with Crippen molar-refractivity contribution in [3.05, 3.63) is 60.3 Å². The molecule has 5 rings (SSSR count). The second-order valence-electron chi connectivity index (χ2n) is 8.65. The second kappa shape index (κ2) is 9.93. The van der Waals surface area contributed by atoms with Crippen molar-refractivity contribution in [2.75, 3.05) is 31.2 Å². The van der Waals surface area contributed by atoms with Crippen molar-refractivity contribution >= 4 is 23.5 Å². The molecule has 0 radical (unpaired) electrons. The highest BCUT2D eigenvalue weighted by molar-refractivity contribution is 7.99. The lowest BCUT2D eigenvalue weighted by Crippen LogP contribution is -2.35. The molecular formula is C26H24F3N3O3S. The summed E-state index contributed by atoms with van der Waals surface area (Å²) in [4.78, 5) is 18.5. The molecular weight excluding hydrogens is 491 g/mol. The number of aromatic nitrogens is 1. The van der Waals surface area contributed by atoms with Gasteiger partial charge in [-0.2, -0.15) is 13.2 Å². The number of amides is 1. The Bertz CT molecular complexity index is 1280. The molecule has 1 saturated heterocycles. The largest absolute Gasteiger partial charge is 0.486 e. The number of nitrogens with one attached hydrogen (secondary N) is 1. The Morgan fingerprint density at radius 3 is 2.61 bits per heavy atom. The number of ether oxygens (including phenoxy) is 2. The SMILES string of the molecule is CC(=O)NC1CCN(c2cc(-c3ccc(Sc4ccc5c(c4)OCCO5)c(C(F)(F)F)c3)ccn2)C1. The molecule has 1 amide bonds. The van der Waals surface area contributed by atoms with Crippen LogP contribution >= 0.6 is 11.8 Å². The minimum absolute atomic E-state index is 0.0293. The van der Waals surface area contributed by atoms with Crippen LogP contribution in [-0.4, -0.2) is 43.2 Å². The van der Waals surface area contributed by atoms with Gasteiger partial charge >= 0.3 is 6.18 Å². The standard InChI is InChI=1S/C26H24F3N3O3S/c1-16(33)31-19-7-9-32(15-19)25-13-18(6-8-30-25)17-2-5-24(21(12-17)26(27,28)29)36-20-3-4-22-23(14-20)35-11-10-34-22/h2-6,8,12-14,19H,7,9-11,15H2,1H3,(H,31,33). The first-order valence-electron chi connectivity index (χ1n) is 11.5. The Morgan fingerprint density at radius 2 is 1.83 bits per heavy atom. The summed E-state index contributed by atoms with van der Waals surface area (Å²) in [5, 5.41) is 2.90. The lowest BCUT2D eigenvalue weighted by molar-refractivity contribution is -0.139.